The van der Waals surface area contributed by atoms with E-state index < -0.39 is 12.6 Å². The Morgan fingerprint density at radius 3 is 2.27 bits per heavy atom. The number of amides is 1. The molecule has 0 unspecified atom stereocenters. The van der Waals surface area contributed by atoms with Crippen LogP contribution in [0.4, 0.5) is 5.69 Å². The lowest BCUT2D eigenvalue weighted by molar-refractivity contribution is -0.136. The van der Waals surface area contributed by atoms with Crippen LogP contribution < -0.4 is 23.8 Å². The topological polar surface area (TPSA) is 91.4 Å². The number of nitrogens with zero attached hydrogens (tertiary/aromatic N) is 1. The fraction of sp³-hybridized carbons (Fsp3) is 0.111. The van der Waals surface area contributed by atoms with Crippen molar-refractivity contribution in [2.45, 2.75) is 0 Å². The molecular weight excluding hydrogens is 514 g/mol. The van der Waals surface area contributed by atoms with Gasteiger partial charge in [0, 0.05) is 5.56 Å². The zero-order valence-electron chi connectivity index (χ0n) is 19.8. The molecule has 1 saturated heterocycles. The van der Waals surface area contributed by atoms with Crippen molar-refractivity contribution in [3.63, 3.8) is 0 Å². The summed E-state index contributed by atoms with van der Waals surface area (Å²) >= 11 is 6.63. The van der Waals surface area contributed by atoms with Crippen molar-refractivity contribution in [2.75, 3.05) is 25.7 Å². The lowest BCUT2D eigenvalue weighted by Crippen LogP contribution is -2.27. The van der Waals surface area contributed by atoms with Crippen molar-refractivity contribution >= 4 is 58.2 Å². The van der Waals surface area contributed by atoms with Gasteiger partial charge in [0.1, 0.15) is 6.29 Å². The standard InChI is InChI=1S/C27H21NO7S2/c1-32-22-12-17(14-24-26(31)28(27(36)37-24)19-6-4-3-5-7-19)8-10-20(22)34-16-25(30)35-21-11-9-18(15-29)13-23(21)33-2/h3-15H,16H2,1-2H3/b24-14-. The Balaban J connectivity index is 1.44. The maximum atomic E-state index is 13.0. The Bertz CT molecular complexity index is 1390. The van der Waals surface area contributed by atoms with Crippen LogP contribution in [-0.4, -0.2) is 43.3 Å². The smallest absolute Gasteiger partial charge is 0.349 e. The zero-order valence-corrected chi connectivity index (χ0v) is 21.5. The van der Waals surface area contributed by atoms with Gasteiger partial charge in [0.2, 0.25) is 0 Å². The molecule has 1 amide bonds. The molecule has 3 aromatic carbocycles. The summed E-state index contributed by atoms with van der Waals surface area (Å²) in [5, 5.41) is 0. The Labute approximate surface area is 222 Å². The van der Waals surface area contributed by atoms with Gasteiger partial charge < -0.3 is 18.9 Å². The minimum atomic E-state index is -0.673. The van der Waals surface area contributed by atoms with Crippen molar-refractivity contribution in [1.29, 1.82) is 0 Å². The number of rotatable bonds is 9. The van der Waals surface area contributed by atoms with E-state index in [9.17, 15) is 14.4 Å². The van der Waals surface area contributed by atoms with Crippen LogP contribution in [0, 0.1) is 0 Å². The van der Waals surface area contributed by atoms with Gasteiger partial charge in [0.05, 0.1) is 24.8 Å². The van der Waals surface area contributed by atoms with Crippen LogP contribution in [0.2, 0.25) is 0 Å². The minimum Gasteiger partial charge on any atom is -0.493 e. The highest BCUT2D eigenvalue weighted by molar-refractivity contribution is 8.27. The summed E-state index contributed by atoms with van der Waals surface area (Å²) in [5.74, 6) is 0.215. The maximum Gasteiger partial charge on any atom is 0.349 e. The number of hydrogen-bond donors (Lipinski definition) is 0. The normalized spacial score (nSPS) is 14.0. The summed E-state index contributed by atoms with van der Waals surface area (Å²) < 4.78 is 21.9. The van der Waals surface area contributed by atoms with Crippen molar-refractivity contribution in [3.8, 4) is 23.0 Å². The van der Waals surface area contributed by atoms with E-state index in [-0.39, 0.29) is 17.4 Å². The van der Waals surface area contributed by atoms with Gasteiger partial charge in [-0.1, -0.05) is 48.2 Å². The molecule has 0 aromatic heterocycles. The molecule has 0 N–H and O–H groups in total. The molecule has 3 aromatic rings. The number of para-hydroxylation sites is 1. The summed E-state index contributed by atoms with van der Waals surface area (Å²) in [5.41, 5.74) is 1.79. The first-order valence-corrected chi connectivity index (χ1v) is 12.1. The summed E-state index contributed by atoms with van der Waals surface area (Å²) in [7, 11) is 2.88. The maximum absolute atomic E-state index is 13.0. The number of ether oxygens (including phenoxy) is 4. The van der Waals surface area contributed by atoms with E-state index in [0.717, 1.165) is 0 Å². The fourth-order valence-electron chi connectivity index (χ4n) is 3.44. The summed E-state index contributed by atoms with van der Waals surface area (Å²) in [6, 6.07) is 18.7. The van der Waals surface area contributed by atoms with Gasteiger partial charge in [-0.3, -0.25) is 14.5 Å². The number of benzene rings is 3. The lowest BCUT2D eigenvalue weighted by atomic mass is 10.2. The number of anilines is 1. The molecule has 1 aliphatic rings. The monoisotopic (exact) mass is 535 g/mol. The Kier molecular flexibility index (Phi) is 8.22. The molecule has 8 nitrogen and oxygen atoms in total. The van der Waals surface area contributed by atoms with Crippen LogP contribution in [0.5, 0.6) is 23.0 Å². The predicted molar refractivity (Wildman–Crippen MR) is 145 cm³/mol. The van der Waals surface area contributed by atoms with Crippen molar-refractivity contribution in [1.82, 2.24) is 0 Å². The molecule has 0 bridgehead atoms. The lowest BCUT2D eigenvalue weighted by Gasteiger charge is -2.14. The van der Waals surface area contributed by atoms with Crippen LogP contribution in [-0.2, 0) is 9.59 Å². The van der Waals surface area contributed by atoms with Crippen LogP contribution >= 0.6 is 24.0 Å². The number of carbonyl (C=O) groups excluding carboxylic acids is 3. The molecule has 188 valence electrons. The number of carbonyl (C=O) groups is 3. The molecule has 0 spiro atoms. The summed E-state index contributed by atoms with van der Waals surface area (Å²) in [6.07, 6.45) is 2.38. The van der Waals surface area contributed by atoms with E-state index in [1.165, 1.54) is 49.1 Å². The molecule has 0 aliphatic carbocycles. The first-order valence-electron chi connectivity index (χ1n) is 10.9. The van der Waals surface area contributed by atoms with Crippen molar-refractivity contribution in [3.05, 3.63) is 82.8 Å². The SMILES string of the molecule is COc1cc(/C=C2\SC(=S)N(c3ccccc3)C2=O)ccc1OCC(=O)Oc1ccc(C=O)cc1OC. The van der Waals surface area contributed by atoms with Gasteiger partial charge >= 0.3 is 5.97 Å². The first-order chi connectivity index (χ1) is 17.9. The second-order valence-corrected chi connectivity index (χ2v) is 9.23. The summed E-state index contributed by atoms with van der Waals surface area (Å²) in [4.78, 5) is 38.2. The molecule has 0 saturated carbocycles. The number of thiocarbonyl (C=S) groups is 1. The average Bonchev–Trinajstić information content (AvgIpc) is 3.20. The van der Waals surface area contributed by atoms with Crippen LogP contribution in [0.3, 0.4) is 0 Å². The number of thioether (sulfide) groups is 1. The summed E-state index contributed by atoms with van der Waals surface area (Å²) in [6.45, 7) is -0.399. The van der Waals surface area contributed by atoms with Gasteiger partial charge in [-0.25, -0.2) is 4.79 Å². The molecule has 1 heterocycles. The van der Waals surface area contributed by atoms with Gasteiger partial charge in [-0.05, 0) is 54.1 Å². The number of esters is 1. The highest BCUT2D eigenvalue weighted by atomic mass is 32.2. The zero-order chi connectivity index (χ0) is 26.4. The molecule has 37 heavy (non-hydrogen) atoms. The van der Waals surface area contributed by atoms with Gasteiger partial charge in [-0.15, -0.1) is 0 Å². The fourth-order valence-corrected chi connectivity index (χ4v) is 4.74. The van der Waals surface area contributed by atoms with Crippen LogP contribution in [0.1, 0.15) is 15.9 Å². The van der Waals surface area contributed by atoms with E-state index in [1.807, 2.05) is 30.3 Å². The molecule has 4 rings (SSSR count). The number of hydrogen-bond acceptors (Lipinski definition) is 9. The van der Waals surface area contributed by atoms with E-state index in [0.29, 0.717) is 43.8 Å². The Morgan fingerprint density at radius 1 is 0.919 bits per heavy atom. The highest BCUT2D eigenvalue weighted by Crippen LogP contribution is 2.37. The van der Waals surface area contributed by atoms with Crippen LogP contribution in [0.25, 0.3) is 6.08 Å². The quantitative estimate of drug-likeness (QED) is 0.125. The highest BCUT2D eigenvalue weighted by Gasteiger charge is 2.33. The van der Waals surface area contributed by atoms with Gasteiger partial charge in [0.15, 0.2) is 33.9 Å². The van der Waals surface area contributed by atoms with Crippen molar-refractivity contribution < 1.29 is 33.3 Å². The first kappa shape index (κ1) is 25.9. The molecule has 10 heteroatoms. The molecule has 0 atom stereocenters. The van der Waals surface area contributed by atoms with E-state index in [2.05, 4.69) is 0 Å². The second kappa shape index (κ2) is 11.7. The predicted octanol–water partition coefficient (Wildman–Crippen LogP) is 4.91. The Morgan fingerprint density at radius 2 is 1.57 bits per heavy atom. The molecular formula is C27H21NO7S2. The van der Waals surface area contributed by atoms with E-state index in [4.69, 9.17) is 31.2 Å². The molecule has 1 fully saturated rings. The Hall–Kier alpha value is -4.15. The van der Waals surface area contributed by atoms with Gasteiger partial charge in [-0.2, -0.15) is 0 Å². The van der Waals surface area contributed by atoms with E-state index >= 15 is 0 Å². The van der Waals surface area contributed by atoms with Gasteiger partial charge in [0.25, 0.3) is 5.91 Å². The van der Waals surface area contributed by atoms with E-state index in [1.54, 1.807) is 24.3 Å². The third-order valence-electron chi connectivity index (χ3n) is 5.19. The number of methoxy groups -OCH3 is 2. The molecule has 1 aliphatic heterocycles. The average molecular weight is 536 g/mol. The third-order valence-corrected chi connectivity index (χ3v) is 6.49. The number of aldehydes is 1. The molecule has 0 radical (unpaired) electrons. The largest absolute Gasteiger partial charge is 0.493 e. The minimum absolute atomic E-state index is 0.164. The van der Waals surface area contributed by atoms with Crippen LogP contribution in [0.15, 0.2) is 71.6 Å². The van der Waals surface area contributed by atoms with Crippen molar-refractivity contribution in [2.24, 2.45) is 0 Å². The third kappa shape index (κ3) is 5.99. The second-order valence-electron chi connectivity index (χ2n) is 7.55.